The molecular weight excluding hydrogens is 260 g/mol. The van der Waals surface area contributed by atoms with Gasteiger partial charge in [0.05, 0.1) is 6.04 Å². The zero-order chi connectivity index (χ0) is 14.8. The monoisotopic (exact) mass is 280 g/mol. The molecule has 1 heterocycles. The van der Waals surface area contributed by atoms with Crippen molar-refractivity contribution < 1.29 is 4.79 Å². The number of amides is 1. The van der Waals surface area contributed by atoms with Gasteiger partial charge in [-0.3, -0.25) is 4.79 Å². The number of aryl methyl sites for hydroxylation is 1. The highest BCUT2D eigenvalue weighted by atomic mass is 16.1. The van der Waals surface area contributed by atoms with Crippen LogP contribution in [0.25, 0.3) is 0 Å². The molecule has 21 heavy (non-hydrogen) atoms. The maximum absolute atomic E-state index is 12.4. The maximum atomic E-state index is 12.4. The highest BCUT2D eigenvalue weighted by Crippen LogP contribution is 2.18. The van der Waals surface area contributed by atoms with Gasteiger partial charge in [-0.2, -0.15) is 0 Å². The lowest BCUT2D eigenvalue weighted by Gasteiger charge is -2.15. The van der Waals surface area contributed by atoms with E-state index in [0.29, 0.717) is 0 Å². The van der Waals surface area contributed by atoms with E-state index in [1.54, 1.807) is 0 Å². The van der Waals surface area contributed by atoms with Gasteiger partial charge < -0.3 is 10.6 Å². The van der Waals surface area contributed by atoms with Crippen LogP contribution in [0.2, 0.25) is 0 Å². The fourth-order valence-corrected chi connectivity index (χ4v) is 2.74. The molecule has 3 nitrogen and oxygen atoms in total. The summed E-state index contributed by atoms with van der Waals surface area (Å²) in [6, 6.07) is 14.2. The lowest BCUT2D eigenvalue weighted by Crippen LogP contribution is -2.26. The van der Waals surface area contributed by atoms with Crippen molar-refractivity contribution in [2.24, 2.45) is 0 Å². The largest absolute Gasteiger partial charge is 0.346 e. The minimum absolute atomic E-state index is 0.00350. The second-order valence-corrected chi connectivity index (χ2v) is 5.70. The number of carbonyl (C=O) groups is 1. The van der Waals surface area contributed by atoms with E-state index in [9.17, 15) is 4.79 Å². The average molecular weight is 280 g/mol. The first-order valence-electron chi connectivity index (χ1n) is 7.33. The van der Waals surface area contributed by atoms with Crippen LogP contribution in [0.1, 0.15) is 45.6 Å². The summed E-state index contributed by atoms with van der Waals surface area (Å²) in [6.45, 7) is 5.83. The zero-order valence-corrected chi connectivity index (χ0v) is 12.4. The number of nitrogens with one attached hydrogen (secondary N) is 2. The summed E-state index contributed by atoms with van der Waals surface area (Å²) in [4.78, 5) is 12.4. The Kier molecular flexibility index (Phi) is 3.76. The van der Waals surface area contributed by atoms with Crippen molar-refractivity contribution in [2.75, 3.05) is 0 Å². The minimum Gasteiger partial charge on any atom is -0.346 e. The third-order valence-electron chi connectivity index (χ3n) is 3.99. The van der Waals surface area contributed by atoms with Crippen LogP contribution < -0.4 is 10.6 Å². The van der Waals surface area contributed by atoms with Crippen molar-refractivity contribution in [3.05, 3.63) is 70.3 Å². The molecule has 0 spiro atoms. The molecule has 0 aromatic heterocycles. The molecule has 0 aliphatic carbocycles. The molecule has 2 aromatic carbocycles. The van der Waals surface area contributed by atoms with Crippen LogP contribution in [0.5, 0.6) is 0 Å². The second kappa shape index (κ2) is 5.70. The maximum Gasteiger partial charge on any atom is 0.251 e. The Morgan fingerprint density at radius 1 is 1.14 bits per heavy atom. The third-order valence-corrected chi connectivity index (χ3v) is 3.99. The summed E-state index contributed by atoms with van der Waals surface area (Å²) >= 11 is 0. The van der Waals surface area contributed by atoms with E-state index in [1.807, 2.05) is 37.3 Å². The molecule has 0 fully saturated rings. The molecule has 1 aliphatic heterocycles. The van der Waals surface area contributed by atoms with E-state index >= 15 is 0 Å². The number of hydrogen-bond donors (Lipinski definition) is 2. The number of rotatable bonds is 3. The quantitative estimate of drug-likeness (QED) is 0.907. The van der Waals surface area contributed by atoms with E-state index in [2.05, 4.69) is 29.7 Å². The molecule has 0 unspecified atom stereocenters. The predicted octanol–water partition coefficient (Wildman–Crippen LogP) is 3.09. The van der Waals surface area contributed by atoms with Gasteiger partial charge in [-0.05, 0) is 42.7 Å². The van der Waals surface area contributed by atoms with E-state index in [-0.39, 0.29) is 11.9 Å². The summed E-state index contributed by atoms with van der Waals surface area (Å²) in [7, 11) is 0. The molecule has 3 rings (SSSR count). The van der Waals surface area contributed by atoms with Crippen molar-refractivity contribution in [1.82, 2.24) is 10.6 Å². The number of benzene rings is 2. The second-order valence-electron chi connectivity index (χ2n) is 5.70. The van der Waals surface area contributed by atoms with Crippen molar-refractivity contribution in [2.45, 2.75) is 33.0 Å². The van der Waals surface area contributed by atoms with Crippen LogP contribution in [0.3, 0.4) is 0 Å². The van der Waals surface area contributed by atoms with Crippen LogP contribution in [-0.4, -0.2) is 5.91 Å². The van der Waals surface area contributed by atoms with Gasteiger partial charge in [-0.25, -0.2) is 0 Å². The lowest BCUT2D eigenvalue weighted by atomic mass is 10.0. The van der Waals surface area contributed by atoms with E-state index < -0.39 is 0 Å². The molecule has 1 amide bonds. The Bertz CT molecular complexity index is 679. The Balaban J connectivity index is 1.74. The van der Waals surface area contributed by atoms with Crippen LogP contribution in [-0.2, 0) is 13.1 Å². The van der Waals surface area contributed by atoms with Gasteiger partial charge in [0.15, 0.2) is 0 Å². The highest BCUT2D eigenvalue weighted by molar-refractivity contribution is 5.94. The predicted molar refractivity (Wildman–Crippen MR) is 84.0 cm³/mol. The lowest BCUT2D eigenvalue weighted by molar-refractivity contribution is 0.0940. The standard InChI is InChI=1S/C18H20N2O/c1-12-4-3-5-14(8-12)13(2)20-18(21)15-6-7-16-10-19-11-17(16)9-15/h3-9,13,19H,10-11H2,1-2H3,(H,20,21)/t13-/m0/s1. The van der Waals surface area contributed by atoms with Gasteiger partial charge in [0.1, 0.15) is 0 Å². The van der Waals surface area contributed by atoms with Crippen molar-refractivity contribution in [3.63, 3.8) is 0 Å². The van der Waals surface area contributed by atoms with Gasteiger partial charge in [0.2, 0.25) is 0 Å². The zero-order valence-electron chi connectivity index (χ0n) is 12.4. The fraction of sp³-hybridized carbons (Fsp3) is 0.278. The van der Waals surface area contributed by atoms with E-state index in [0.717, 1.165) is 24.2 Å². The molecule has 0 bridgehead atoms. The number of hydrogen-bond acceptors (Lipinski definition) is 2. The first kappa shape index (κ1) is 13.8. The molecule has 0 saturated heterocycles. The van der Waals surface area contributed by atoms with Crippen LogP contribution in [0.15, 0.2) is 42.5 Å². The summed E-state index contributed by atoms with van der Waals surface area (Å²) in [5.74, 6) is -0.0151. The Morgan fingerprint density at radius 2 is 1.95 bits per heavy atom. The summed E-state index contributed by atoms with van der Waals surface area (Å²) in [5, 5.41) is 6.37. The Morgan fingerprint density at radius 3 is 2.76 bits per heavy atom. The first-order valence-corrected chi connectivity index (χ1v) is 7.33. The van der Waals surface area contributed by atoms with Crippen LogP contribution in [0, 0.1) is 6.92 Å². The van der Waals surface area contributed by atoms with Gasteiger partial charge in [0.25, 0.3) is 5.91 Å². The Hall–Kier alpha value is -2.13. The molecule has 0 saturated carbocycles. The third kappa shape index (κ3) is 2.98. The fourth-order valence-electron chi connectivity index (χ4n) is 2.74. The van der Waals surface area contributed by atoms with Gasteiger partial charge >= 0.3 is 0 Å². The molecule has 2 aromatic rings. The topological polar surface area (TPSA) is 41.1 Å². The SMILES string of the molecule is Cc1cccc([C@H](C)NC(=O)c2ccc3c(c2)CNC3)c1. The van der Waals surface area contributed by atoms with Crippen LogP contribution >= 0.6 is 0 Å². The van der Waals surface area contributed by atoms with Gasteiger partial charge in [-0.1, -0.05) is 35.9 Å². The van der Waals surface area contributed by atoms with Gasteiger partial charge in [-0.15, -0.1) is 0 Å². The van der Waals surface area contributed by atoms with E-state index in [1.165, 1.54) is 16.7 Å². The van der Waals surface area contributed by atoms with Crippen LogP contribution in [0.4, 0.5) is 0 Å². The van der Waals surface area contributed by atoms with Crippen molar-refractivity contribution in [1.29, 1.82) is 0 Å². The molecular formula is C18H20N2O. The van der Waals surface area contributed by atoms with Crippen molar-refractivity contribution in [3.8, 4) is 0 Å². The summed E-state index contributed by atoms with van der Waals surface area (Å²) in [5.41, 5.74) is 5.59. The molecule has 1 aliphatic rings. The molecule has 108 valence electrons. The molecule has 1 atom stereocenters. The normalized spacial score (nSPS) is 14.6. The summed E-state index contributed by atoms with van der Waals surface area (Å²) in [6.07, 6.45) is 0. The number of carbonyl (C=O) groups excluding carboxylic acids is 1. The smallest absolute Gasteiger partial charge is 0.251 e. The average Bonchev–Trinajstić information content (AvgIpc) is 2.94. The number of fused-ring (bicyclic) bond motifs is 1. The minimum atomic E-state index is -0.0151. The summed E-state index contributed by atoms with van der Waals surface area (Å²) < 4.78 is 0. The van der Waals surface area contributed by atoms with E-state index in [4.69, 9.17) is 0 Å². The molecule has 3 heteroatoms. The Labute approximate surface area is 125 Å². The molecule has 2 N–H and O–H groups in total. The van der Waals surface area contributed by atoms with Crippen molar-refractivity contribution >= 4 is 5.91 Å². The molecule has 0 radical (unpaired) electrons. The highest BCUT2D eigenvalue weighted by Gasteiger charge is 2.15. The van der Waals surface area contributed by atoms with Gasteiger partial charge in [0, 0.05) is 18.7 Å². The first-order chi connectivity index (χ1) is 10.1.